The molecular weight excluding hydrogens is 478 g/mol. The van der Waals surface area contributed by atoms with Crippen LogP contribution < -0.4 is 5.32 Å². The summed E-state index contributed by atoms with van der Waals surface area (Å²) in [6.45, 7) is 7.63. The Kier molecular flexibility index (Phi) is 9.08. The van der Waals surface area contributed by atoms with E-state index in [0.29, 0.717) is 37.6 Å². The molecule has 2 aromatic carbocycles. The molecule has 0 spiro atoms. The molecule has 2 rings (SSSR count). The Morgan fingerprint density at radius 3 is 2.13 bits per heavy atom. The summed E-state index contributed by atoms with van der Waals surface area (Å²) in [4.78, 5) is 28.0. The first-order valence-corrected chi connectivity index (χ1v) is 11.4. The maximum absolute atomic E-state index is 13.4. The first-order valence-electron chi connectivity index (χ1n) is 9.91. The molecular formula is C23H26Cl4N2O2. The number of hydrogen-bond acceptors (Lipinski definition) is 2. The molecule has 1 atom stereocenters. The summed E-state index contributed by atoms with van der Waals surface area (Å²) in [6.07, 6.45) is 0.432. The van der Waals surface area contributed by atoms with Crippen molar-refractivity contribution in [3.05, 3.63) is 67.6 Å². The minimum atomic E-state index is -0.704. The molecule has 0 aliphatic carbocycles. The Morgan fingerprint density at radius 2 is 1.61 bits per heavy atom. The van der Waals surface area contributed by atoms with Gasteiger partial charge >= 0.3 is 0 Å². The Hall–Kier alpha value is -1.46. The van der Waals surface area contributed by atoms with E-state index >= 15 is 0 Å². The van der Waals surface area contributed by atoms with Gasteiger partial charge in [-0.3, -0.25) is 9.59 Å². The Bertz CT molecular complexity index is 937. The molecule has 0 fully saturated rings. The Balaban J connectivity index is 2.42. The fraction of sp³-hybridized carbons (Fsp3) is 0.391. The zero-order valence-electron chi connectivity index (χ0n) is 17.9. The van der Waals surface area contributed by atoms with Gasteiger partial charge in [-0.1, -0.05) is 65.5 Å². The molecule has 1 N–H and O–H groups in total. The molecule has 2 amide bonds. The number of nitrogens with zero attached hydrogens (tertiary/aromatic N) is 1. The molecule has 2 aromatic rings. The van der Waals surface area contributed by atoms with Crippen LogP contribution in [0.5, 0.6) is 0 Å². The van der Waals surface area contributed by atoms with Gasteiger partial charge in [-0.25, -0.2) is 0 Å². The van der Waals surface area contributed by atoms with Crippen LogP contribution in [-0.2, 0) is 22.6 Å². The first-order chi connectivity index (χ1) is 14.4. The SMILES string of the molecule is CC[C@H](C(=O)NC(C)(C)C)N(Cc1c(Cl)cccc1Cl)C(=O)Cc1ccc(Cl)cc1Cl. The predicted octanol–water partition coefficient (Wildman–Crippen LogP) is 6.56. The summed E-state index contributed by atoms with van der Waals surface area (Å²) in [5, 5.41) is 4.70. The lowest BCUT2D eigenvalue weighted by molar-refractivity contribution is -0.141. The normalized spacial score (nSPS) is 12.4. The minimum Gasteiger partial charge on any atom is -0.350 e. The van der Waals surface area contributed by atoms with Crippen LogP contribution in [0.4, 0.5) is 0 Å². The van der Waals surface area contributed by atoms with Crippen molar-refractivity contribution in [3.63, 3.8) is 0 Å². The lowest BCUT2D eigenvalue weighted by Gasteiger charge is -2.33. The van der Waals surface area contributed by atoms with Gasteiger partial charge in [0.05, 0.1) is 6.42 Å². The highest BCUT2D eigenvalue weighted by Gasteiger charge is 2.31. The number of nitrogens with one attached hydrogen (secondary N) is 1. The van der Waals surface area contributed by atoms with Gasteiger partial charge in [-0.2, -0.15) is 0 Å². The largest absolute Gasteiger partial charge is 0.350 e. The monoisotopic (exact) mass is 502 g/mol. The second kappa shape index (κ2) is 10.9. The van der Waals surface area contributed by atoms with Gasteiger partial charge in [-0.05, 0) is 57.0 Å². The van der Waals surface area contributed by atoms with Gasteiger partial charge in [0.1, 0.15) is 6.04 Å². The maximum Gasteiger partial charge on any atom is 0.243 e. The number of carbonyl (C=O) groups is 2. The van der Waals surface area contributed by atoms with E-state index < -0.39 is 11.6 Å². The van der Waals surface area contributed by atoms with E-state index in [1.54, 1.807) is 36.4 Å². The fourth-order valence-corrected chi connectivity index (χ4v) is 4.15. The number of amides is 2. The van der Waals surface area contributed by atoms with E-state index in [1.165, 1.54) is 4.90 Å². The number of carbonyl (C=O) groups excluding carboxylic acids is 2. The molecule has 0 unspecified atom stereocenters. The number of benzene rings is 2. The topological polar surface area (TPSA) is 49.4 Å². The molecule has 0 saturated heterocycles. The Morgan fingerprint density at radius 1 is 1.00 bits per heavy atom. The van der Waals surface area contributed by atoms with Gasteiger partial charge < -0.3 is 10.2 Å². The third-order valence-corrected chi connectivity index (χ3v) is 5.93. The van der Waals surface area contributed by atoms with Crippen molar-refractivity contribution >= 4 is 58.2 Å². The van der Waals surface area contributed by atoms with Gasteiger partial charge in [-0.15, -0.1) is 0 Å². The second-order valence-electron chi connectivity index (χ2n) is 8.30. The highest BCUT2D eigenvalue weighted by Crippen LogP contribution is 2.28. The summed E-state index contributed by atoms with van der Waals surface area (Å²) in [5.74, 6) is -0.509. The van der Waals surface area contributed by atoms with Gasteiger partial charge in [0.25, 0.3) is 0 Å². The van der Waals surface area contributed by atoms with E-state index in [1.807, 2.05) is 27.7 Å². The molecule has 0 aliphatic heterocycles. The summed E-state index contributed by atoms with van der Waals surface area (Å²) < 4.78 is 0. The van der Waals surface area contributed by atoms with Crippen LogP contribution in [0.1, 0.15) is 45.2 Å². The van der Waals surface area contributed by atoms with E-state index in [4.69, 9.17) is 46.4 Å². The van der Waals surface area contributed by atoms with Crippen molar-refractivity contribution in [2.24, 2.45) is 0 Å². The van der Waals surface area contributed by atoms with Crippen LogP contribution in [0, 0.1) is 0 Å². The van der Waals surface area contributed by atoms with Crippen molar-refractivity contribution in [2.45, 2.75) is 58.7 Å². The lowest BCUT2D eigenvalue weighted by atomic mass is 10.0. The average molecular weight is 504 g/mol. The van der Waals surface area contributed by atoms with Crippen LogP contribution in [0.2, 0.25) is 20.1 Å². The lowest BCUT2D eigenvalue weighted by Crippen LogP contribution is -2.53. The van der Waals surface area contributed by atoms with Crippen LogP contribution in [0.15, 0.2) is 36.4 Å². The fourth-order valence-electron chi connectivity index (χ4n) is 3.16. The van der Waals surface area contributed by atoms with Gasteiger partial charge in [0, 0.05) is 37.7 Å². The average Bonchev–Trinajstić information content (AvgIpc) is 2.64. The van der Waals surface area contributed by atoms with Crippen molar-refractivity contribution in [1.29, 1.82) is 0 Å². The first kappa shape index (κ1) is 25.8. The maximum atomic E-state index is 13.4. The summed E-state index contributed by atoms with van der Waals surface area (Å²) >= 11 is 25.0. The zero-order valence-corrected chi connectivity index (χ0v) is 21.0. The quantitative estimate of drug-likeness (QED) is 0.464. The van der Waals surface area contributed by atoms with Gasteiger partial charge in [0.15, 0.2) is 0 Å². The molecule has 0 aliphatic rings. The zero-order chi connectivity index (χ0) is 23.3. The van der Waals surface area contributed by atoms with Crippen LogP contribution in [-0.4, -0.2) is 28.3 Å². The number of halogens is 4. The van der Waals surface area contributed by atoms with Crippen LogP contribution in [0.25, 0.3) is 0 Å². The number of hydrogen-bond donors (Lipinski definition) is 1. The molecule has 0 aromatic heterocycles. The molecule has 0 saturated carbocycles. The third kappa shape index (κ3) is 7.28. The molecule has 168 valence electrons. The summed E-state index contributed by atoms with van der Waals surface area (Å²) in [6, 6.07) is 9.41. The summed E-state index contributed by atoms with van der Waals surface area (Å²) in [7, 11) is 0. The van der Waals surface area contributed by atoms with E-state index in [9.17, 15) is 9.59 Å². The van der Waals surface area contributed by atoms with Crippen LogP contribution >= 0.6 is 46.4 Å². The highest BCUT2D eigenvalue weighted by atomic mass is 35.5. The van der Waals surface area contributed by atoms with E-state index in [2.05, 4.69) is 5.32 Å². The van der Waals surface area contributed by atoms with E-state index in [-0.39, 0.29) is 24.8 Å². The molecule has 0 heterocycles. The highest BCUT2D eigenvalue weighted by molar-refractivity contribution is 6.36. The number of rotatable bonds is 7. The Labute approximate surface area is 203 Å². The van der Waals surface area contributed by atoms with E-state index in [0.717, 1.165) is 0 Å². The van der Waals surface area contributed by atoms with Crippen molar-refractivity contribution in [2.75, 3.05) is 0 Å². The van der Waals surface area contributed by atoms with Gasteiger partial charge in [0.2, 0.25) is 11.8 Å². The minimum absolute atomic E-state index is 0.0113. The molecule has 0 radical (unpaired) electrons. The van der Waals surface area contributed by atoms with Crippen LogP contribution in [0.3, 0.4) is 0 Å². The molecule has 8 heteroatoms. The van der Waals surface area contributed by atoms with Crippen molar-refractivity contribution in [1.82, 2.24) is 10.2 Å². The smallest absolute Gasteiger partial charge is 0.243 e. The predicted molar refractivity (Wildman–Crippen MR) is 129 cm³/mol. The second-order valence-corrected chi connectivity index (χ2v) is 9.96. The van der Waals surface area contributed by atoms with Crippen molar-refractivity contribution in [3.8, 4) is 0 Å². The standard InChI is InChI=1S/C23H26Cl4N2O2/c1-5-20(22(31)28-23(2,3)4)29(13-16-17(25)7-6-8-18(16)26)21(30)11-14-9-10-15(24)12-19(14)27/h6-10,12,20H,5,11,13H2,1-4H3,(H,28,31)/t20-/m1/s1. The molecule has 0 bridgehead atoms. The molecule has 31 heavy (non-hydrogen) atoms. The summed E-state index contributed by atoms with van der Waals surface area (Å²) in [5.41, 5.74) is 0.765. The third-order valence-electron chi connectivity index (χ3n) is 4.63. The van der Waals surface area contributed by atoms with Crippen molar-refractivity contribution < 1.29 is 9.59 Å². The molecule has 4 nitrogen and oxygen atoms in total.